The number of benzene rings is 1. The molecule has 0 aliphatic rings. The molecule has 0 aliphatic carbocycles. The standard InChI is InChI=1S/C16H19FN2O4/c1-4-19-9-11(16(21)22)15(20)10-7-12(17)14(8-13(10)19)23-6-5-18(2)3/h7-9H,4-6H2,1-3H3,(H,21,22). The van der Waals surface area contributed by atoms with Crippen LogP contribution in [0, 0.1) is 5.82 Å². The van der Waals surface area contributed by atoms with Gasteiger partial charge in [0.05, 0.1) is 5.52 Å². The van der Waals surface area contributed by atoms with Crippen LogP contribution in [-0.2, 0) is 6.54 Å². The lowest BCUT2D eigenvalue weighted by Gasteiger charge is -2.14. The lowest BCUT2D eigenvalue weighted by atomic mass is 10.1. The minimum absolute atomic E-state index is 0.0317. The van der Waals surface area contributed by atoms with Gasteiger partial charge in [0.15, 0.2) is 11.6 Å². The monoisotopic (exact) mass is 322 g/mol. The Balaban J connectivity index is 2.56. The summed E-state index contributed by atoms with van der Waals surface area (Å²) in [6.45, 7) is 3.18. The number of aromatic carboxylic acids is 1. The van der Waals surface area contributed by atoms with Crippen molar-refractivity contribution in [1.82, 2.24) is 9.47 Å². The number of carbonyl (C=O) groups is 1. The highest BCUT2D eigenvalue weighted by Crippen LogP contribution is 2.24. The zero-order valence-corrected chi connectivity index (χ0v) is 13.3. The van der Waals surface area contributed by atoms with Crippen LogP contribution in [0.15, 0.2) is 23.1 Å². The summed E-state index contributed by atoms with van der Waals surface area (Å²) >= 11 is 0. The van der Waals surface area contributed by atoms with Crippen LogP contribution in [0.2, 0.25) is 0 Å². The summed E-state index contributed by atoms with van der Waals surface area (Å²) in [7, 11) is 3.75. The predicted molar refractivity (Wildman–Crippen MR) is 84.8 cm³/mol. The maximum Gasteiger partial charge on any atom is 0.341 e. The first kappa shape index (κ1) is 17.0. The van der Waals surface area contributed by atoms with Crippen molar-refractivity contribution in [1.29, 1.82) is 0 Å². The van der Waals surface area contributed by atoms with Gasteiger partial charge in [-0.05, 0) is 27.1 Å². The van der Waals surface area contributed by atoms with E-state index >= 15 is 0 Å². The molecule has 0 amide bonds. The van der Waals surface area contributed by atoms with E-state index in [1.165, 1.54) is 12.3 Å². The topological polar surface area (TPSA) is 71.8 Å². The summed E-state index contributed by atoms with van der Waals surface area (Å²) in [6, 6.07) is 2.48. The molecule has 0 radical (unpaired) electrons. The van der Waals surface area contributed by atoms with Crippen molar-refractivity contribution in [3.8, 4) is 5.75 Å². The average Bonchev–Trinajstić information content (AvgIpc) is 2.48. The van der Waals surface area contributed by atoms with Gasteiger partial charge in [0.2, 0.25) is 5.43 Å². The third-order valence-corrected chi connectivity index (χ3v) is 3.50. The first-order chi connectivity index (χ1) is 10.8. The Hall–Kier alpha value is -2.41. The minimum Gasteiger partial charge on any atom is -0.489 e. The Morgan fingerprint density at radius 1 is 1.39 bits per heavy atom. The molecular formula is C16H19FN2O4. The summed E-state index contributed by atoms with van der Waals surface area (Å²) in [5.41, 5.74) is -0.625. The van der Waals surface area contributed by atoms with Crippen LogP contribution < -0.4 is 10.2 Å². The van der Waals surface area contributed by atoms with Gasteiger partial charge in [0, 0.05) is 30.7 Å². The number of carboxylic acid groups (broad SMARTS) is 1. The van der Waals surface area contributed by atoms with E-state index in [9.17, 15) is 14.0 Å². The predicted octanol–water partition coefficient (Wildman–Crippen LogP) is 1.80. The molecule has 0 bridgehead atoms. The van der Waals surface area contributed by atoms with E-state index in [1.54, 1.807) is 4.57 Å². The van der Waals surface area contributed by atoms with Crippen LogP contribution in [0.3, 0.4) is 0 Å². The van der Waals surface area contributed by atoms with Gasteiger partial charge in [-0.15, -0.1) is 0 Å². The molecule has 0 saturated heterocycles. The second-order valence-corrected chi connectivity index (χ2v) is 5.41. The summed E-state index contributed by atoms with van der Waals surface area (Å²) in [4.78, 5) is 25.3. The summed E-state index contributed by atoms with van der Waals surface area (Å²) < 4.78 is 21.2. The fraction of sp³-hybridized carbons (Fsp3) is 0.375. The zero-order valence-electron chi connectivity index (χ0n) is 13.3. The molecule has 1 aromatic carbocycles. The van der Waals surface area contributed by atoms with E-state index in [0.29, 0.717) is 25.2 Å². The normalized spacial score (nSPS) is 11.2. The number of carboxylic acids is 1. The Morgan fingerprint density at radius 2 is 2.09 bits per heavy atom. The quantitative estimate of drug-likeness (QED) is 0.878. The number of rotatable bonds is 6. The van der Waals surface area contributed by atoms with Crippen LogP contribution in [0.1, 0.15) is 17.3 Å². The number of fused-ring (bicyclic) bond motifs is 1. The Kier molecular flexibility index (Phi) is 5.00. The number of likely N-dealkylation sites (N-methyl/N-ethyl adjacent to an activating group) is 1. The second kappa shape index (κ2) is 6.78. The highest BCUT2D eigenvalue weighted by atomic mass is 19.1. The molecule has 1 N–H and O–H groups in total. The molecule has 7 heteroatoms. The third kappa shape index (κ3) is 3.50. The Labute approximate surface area is 132 Å². The molecule has 2 aromatic rings. The van der Waals surface area contributed by atoms with Gasteiger partial charge in [-0.25, -0.2) is 9.18 Å². The van der Waals surface area contributed by atoms with Crippen LogP contribution in [0.25, 0.3) is 10.9 Å². The van der Waals surface area contributed by atoms with Crippen LogP contribution in [-0.4, -0.2) is 47.8 Å². The molecule has 0 atom stereocenters. The van der Waals surface area contributed by atoms with Gasteiger partial charge >= 0.3 is 5.97 Å². The first-order valence-corrected chi connectivity index (χ1v) is 7.22. The van der Waals surface area contributed by atoms with Crippen LogP contribution >= 0.6 is 0 Å². The second-order valence-electron chi connectivity index (χ2n) is 5.41. The van der Waals surface area contributed by atoms with Gasteiger partial charge in [0.1, 0.15) is 12.2 Å². The average molecular weight is 322 g/mol. The summed E-state index contributed by atoms with van der Waals surface area (Å²) in [5.74, 6) is -1.96. The smallest absolute Gasteiger partial charge is 0.341 e. The van der Waals surface area contributed by atoms with Crippen molar-refractivity contribution >= 4 is 16.9 Å². The van der Waals surface area contributed by atoms with Gasteiger partial charge in [0.25, 0.3) is 0 Å². The Bertz CT molecular complexity index is 799. The van der Waals surface area contributed by atoms with Crippen LogP contribution in [0.4, 0.5) is 4.39 Å². The maximum atomic E-state index is 14.2. The molecule has 0 unspecified atom stereocenters. The van der Waals surface area contributed by atoms with E-state index in [1.807, 2.05) is 25.9 Å². The van der Waals surface area contributed by atoms with E-state index < -0.39 is 17.2 Å². The fourth-order valence-electron chi connectivity index (χ4n) is 2.25. The number of hydrogen-bond acceptors (Lipinski definition) is 4. The Morgan fingerprint density at radius 3 is 2.65 bits per heavy atom. The van der Waals surface area contributed by atoms with Gasteiger partial charge in [-0.3, -0.25) is 4.79 Å². The number of nitrogens with zero attached hydrogens (tertiary/aromatic N) is 2. The summed E-state index contributed by atoms with van der Waals surface area (Å²) in [6.07, 6.45) is 1.27. The maximum absolute atomic E-state index is 14.2. The molecule has 0 spiro atoms. The number of halogens is 1. The molecule has 2 rings (SSSR count). The van der Waals surface area contributed by atoms with Crippen molar-refractivity contribution in [2.24, 2.45) is 0 Å². The lowest BCUT2D eigenvalue weighted by molar-refractivity contribution is 0.0695. The molecule has 0 aliphatic heterocycles. The van der Waals surface area contributed by atoms with Crippen molar-refractivity contribution in [3.63, 3.8) is 0 Å². The molecule has 6 nitrogen and oxygen atoms in total. The SMILES string of the molecule is CCn1cc(C(=O)O)c(=O)c2cc(F)c(OCCN(C)C)cc21. The lowest BCUT2D eigenvalue weighted by Crippen LogP contribution is -2.20. The van der Waals surface area contributed by atoms with E-state index in [4.69, 9.17) is 9.84 Å². The number of aryl methyl sites for hydroxylation is 1. The number of hydrogen-bond donors (Lipinski definition) is 1. The van der Waals surface area contributed by atoms with Crippen molar-refractivity contribution < 1.29 is 19.0 Å². The molecule has 1 aromatic heterocycles. The van der Waals surface area contributed by atoms with Crippen molar-refractivity contribution in [2.75, 3.05) is 27.2 Å². The molecule has 23 heavy (non-hydrogen) atoms. The van der Waals surface area contributed by atoms with E-state index in [0.717, 1.165) is 6.07 Å². The highest BCUT2D eigenvalue weighted by molar-refractivity contribution is 5.92. The molecule has 0 fully saturated rings. The number of aromatic nitrogens is 1. The van der Waals surface area contributed by atoms with Gasteiger partial charge in [-0.1, -0.05) is 0 Å². The minimum atomic E-state index is -1.33. The van der Waals surface area contributed by atoms with E-state index in [2.05, 4.69) is 0 Å². The first-order valence-electron chi connectivity index (χ1n) is 7.22. The number of ether oxygens (including phenoxy) is 1. The van der Waals surface area contributed by atoms with E-state index in [-0.39, 0.29) is 16.7 Å². The highest BCUT2D eigenvalue weighted by Gasteiger charge is 2.17. The largest absolute Gasteiger partial charge is 0.489 e. The number of pyridine rings is 1. The van der Waals surface area contributed by atoms with Crippen molar-refractivity contribution in [3.05, 3.63) is 39.9 Å². The third-order valence-electron chi connectivity index (χ3n) is 3.50. The molecule has 1 heterocycles. The van der Waals surface area contributed by atoms with Gasteiger partial charge < -0.3 is 19.3 Å². The zero-order chi connectivity index (χ0) is 17.1. The molecule has 124 valence electrons. The molecular weight excluding hydrogens is 303 g/mol. The summed E-state index contributed by atoms with van der Waals surface area (Å²) in [5, 5.41) is 9.13. The van der Waals surface area contributed by atoms with Crippen molar-refractivity contribution in [2.45, 2.75) is 13.5 Å². The van der Waals surface area contributed by atoms with Gasteiger partial charge in [-0.2, -0.15) is 0 Å². The fourth-order valence-corrected chi connectivity index (χ4v) is 2.25. The molecule has 0 saturated carbocycles. The van der Waals surface area contributed by atoms with Crippen LogP contribution in [0.5, 0.6) is 5.75 Å².